The maximum atomic E-state index is 12.3. The van der Waals surface area contributed by atoms with E-state index in [1.54, 1.807) is 4.68 Å². The molecule has 2 aliphatic rings. The minimum Gasteiger partial charge on any atom is -0.349 e. The lowest BCUT2D eigenvalue weighted by atomic mass is 9.97. The van der Waals surface area contributed by atoms with Crippen molar-refractivity contribution in [3.8, 4) is 0 Å². The van der Waals surface area contributed by atoms with Crippen molar-refractivity contribution in [2.24, 2.45) is 0 Å². The largest absolute Gasteiger partial charge is 0.349 e. The minimum atomic E-state index is -0.0215. The van der Waals surface area contributed by atoms with Crippen molar-refractivity contribution in [3.05, 3.63) is 34.9 Å². The molecule has 1 fully saturated rings. The van der Waals surface area contributed by atoms with E-state index in [2.05, 4.69) is 25.9 Å². The molecule has 0 saturated carbocycles. The molecule has 3 heterocycles. The topological polar surface area (TPSA) is 87.6 Å². The quantitative estimate of drug-likeness (QED) is 0.680. The van der Waals surface area contributed by atoms with E-state index in [4.69, 9.17) is 0 Å². The van der Waals surface area contributed by atoms with Gasteiger partial charge in [-0.15, -0.1) is 12.4 Å². The number of piperidine rings is 1. The van der Waals surface area contributed by atoms with Crippen molar-refractivity contribution < 1.29 is 4.79 Å². The van der Waals surface area contributed by atoms with Crippen LogP contribution in [0.25, 0.3) is 0 Å². The summed E-state index contributed by atoms with van der Waals surface area (Å²) >= 11 is 0. The van der Waals surface area contributed by atoms with Gasteiger partial charge in [-0.05, 0) is 56.7 Å². The zero-order valence-corrected chi connectivity index (χ0v) is 16.5. The van der Waals surface area contributed by atoms with Crippen LogP contribution < -0.4 is 10.6 Å². The highest BCUT2D eigenvalue weighted by Crippen LogP contribution is 2.22. The summed E-state index contributed by atoms with van der Waals surface area (Å²) in [6.07, 6.45) is 10.1. The third-order valence-corrected chi connectivity index (χ3v) is 5.53. The van der Waals surface area contributed by atoms with E-state index in [1.165, 1.54) is 43.4 Å². The van der Waals surface area contributed by atoms with E-state index in [0.717, 1.165) is 37.3 Å². The average molecular weight is 393 g/mol. The number of fused-ring (bicyclic) bond motifs is 1. The number of nitrogens with one attached hydrogen (secondary N) is 3. The first-order chi connectivity index (χ1) is 12.8. The highest BCUT2D eigenvalue weighted by Gasteiger charge is 2.19. The van der Waals surface area contributed by atoms with E-state index in [-0.39, 0.29) is 24.9 Å². The molecule has 27 heavy (non-hydrogen) atoms. The first-order valence-corrected chi connectivity index (χ1v) is 9.85. The van der Waals surface area contributed by atoms with E-state index in [1.807, 2.05) is 12.3 Å². The molecule has 8 heteroatoms. The number of hydrogen-bond donors (Lipinski definition) is 3. The molecular weight excluding hydrogens is 364 g/mol. The molecular formula is C19H29ClN6O. The van der Waals surface area contributed by atoms with Crippen molar-refractivity contribution in [1.29, 1.82) is 0 Å². The van der Waals surface area contributed by atoms with Gasteiger partial charge in [-0.2, -0.15) is 10.2 Å². The number of aromatic amines is 1. The number of carbonyl (C=O) groups is 1. The van der Waals surface area contributed by atoms with Gasteiger partial charge in [-0.25, -0.2) is 0 Å². The Hall–Kier alpha value is -1.86. The van der Waals surface area contributed by atoms with E-state index in [0.29, 0.717) is 12.5 Å². The molecule has 0 aromatic carbocycles. The molecule has 1 aliphatic carbocycles. The molecule has 1 saturated heterocycles. The molecule has 0 spiro atoms. The van der Waals surface area contributed by atoms with Crippen LogP contribution >= 0.6 is 12.4 Å². The number of nitrogens with zero attached hydrogens (tertiary/aromatic N) is 3. The van der Waals surface area contributed by atoms with Crippen LogP contribution in [0, 0.1) is 0 Å². The Morgan fingerprint density at radius 2 is 2.15 bits per heavy atom. The van der Waals surface area contributed by atoms with Crippen LogP contribution in [0.4, 0.5) is 0 Å². The normalized spacial score (nSPS) is 19.6. The lowest BCUT2D eigenvalue weighted by Crippen LogP contribution is -2.29. The maximum Gasteiger partial charge on any atom is 0.242 e. The molecule has 148 valence electrons. The summed E-state index contributed by atoms with van der Waals surface area (Å²) in [5.41, 5.74) is 4.64. The second-order valence-electron chi connectivity index (χ2n) is 7.45. The number of H-pyrrole nitrogens is 1. The molecule has 1 unspecified atom stereocenters. The number of hydrogen-bond acceptors (Lipinski definition) is 4. The first kappa shape index (κ1) is 19.9. The summed E-state index contributed by atoms with van der Waals surface area (Å²) in [5.74, 6) is 0.444. The summed E-state index contributed by atoms with van der Waals surface area (Å²) in [6.45, 7) is 2.82. The van der Waals surface area contributed by atoms with Gasteiger partial charge in [-0.3, -0.25) is 14.6 Å². The molecule has 2 aromatic heterocycles. The van der Waals surface area contributed by atoms with Gasteiger partial charge in [0.2, 0.25) is 5.91 Å². The summed E-state index contributed by atoms with van der Waals surface area (Å²) in [5, 5.41) is 18.6. The summed E-state index contributed by atoms with van der Waals surface area (Å²) < 4.78 is 1.74. The highest BCUT2D eigenvalue weighted by molar-refractivity contribution is 5.85. The highest BCUT2D eigenvalue weighted by atomic mass is 35.5. The lowest BCUT2D eigenvalue weighted by molar-refractivity contribution is -0.122. The number of halogens is 1. The van der Waals surface area contributed by atoms with Crippen LogP contribution in [0.5, 0.6) is 0 Å². The number of rotatable bonds is 5. The Bertz CT molecular complexity index is 749. The maximum absolute atomic E-state index is 12.3. The van der Waals surface area contributed by atoms with Crippen molar-refractivity contribution in [1.82, 2.24) is 30.6 Å². The zero-order chi connectivity index (χ0) is 17.8. The first-order valence-electron chi connectivity index (χ1n) is 9.85. The van der Waals surface area contributed by atoms with Crippen LogP contribution in [0.3, 0.4) is 0 Å². The summed E-state index contributed by atoms with van der Waals surface area (Å²) in [4.78, 5) is 12.3. The second kappa shape index (κ2) is 9.37. The number of carbonyl (C=O) groups excluding carboxylic acids is 1. The van der Waals surface area contributed by atoms with Gasteiger partial charge >= 0.3 is 0 Å². The fourth-order valence-electron chi connectivity index (χ4n) is 4.05. The van der Waals surface area contributed by atoms with Crippen molar-refractivity contribution in [3.63, 3.8) is 0 Å². The van der Waals surface area contributed by atoms with Crippen molar-refractivity contribution in [2.75, 3.05) is 13.1 Å². The van der Waals surface area contributed by atoms with Crippen LogP contribution in [0.2, 0.25) is 0 Å². The van der Waals surface area contributed by atoms with E-state index < -0.39 is 0 Å². The number of amides is 1. The fourth-order valence-corrected chi connectivity index (χ4v) is 4.05. The Morgan fingerprint density at radius 1 is 1.26 bits per heavy atom. The zero-order valence-electron chi connectivity index (χ0n) is 15.7. The van der Waals surface area contributed by atoms with Gasteiger partial charge in [0.15, 0.2) is 0 Å². The molecule has 7 nitrogen and oxygen atoms in total. The predicted molar refractivity (Wildman–Crippen MR) is 106 cm³/mol. The average Bonchev–Trinajstić information content (AvgIpc) is 3.21. The molecule has 2 aromatic rings. The SMILES string of the molecule is Cl.O=C(Cn1ccc(C2CCCNC2)n1)NCc1n[nH]c2c1CCCCC2. The van der Waals surface area contributed by atoms with E-state index >= 15 is 0 Å². The standard InChI is InChI=1S/C19H28N6O.ClH/c26-19(13-25-10-8-16(24-25)14-5-4-9-20-11-14)21-12-18-15-6-2-1-3-7-17(15)22-23-18;/h8,10,14,20H,1-7,9,11-13H2,(H,21,26)(H,22,23);1H. The van der Waals surface area contributed by atoms with Gasteiger partial charge in [-0.1, -0.05) is 6.42 Å². The fraction of sp³-hybridized carbons (Fsp3) is 0.632. The Kier molecular flexibility index (Phi) is 6.90. The van der Waals surface area contributed by atoms with Crippen molar-refractivity contribution >= 4 is 18.3 Å². The predicted octanol–water partition coefficient (Wildman–Crippen LogP) is 2.08. The van der Waals surface area contributed by atoms with Crippen LogP contribution in [0.1, 0.15) is 60.7 Å². The van der Waals surface area contributed by atoms with Crippen LogP contribution in [0.15, 0.2) is 12.3 Å². The molecule has 1 atom stereocenters. The smallest absolute Gasteiger partial charge is 0.242 e. The molecule has 0 bridgehead atoms. The van der Waals surface area contributed by atoms with Gasteiger partial charge < -0.3 is 10.6 Å². The molecule has 1 aliphatic heterocycles. The third-order valence-electron chi connectivity index (χ3n) is 5.53. The van der Waals surface area contributed by atoms with Crippen LogP contribution in [-0.2, 0) is 30.7 Å². The third kappa shape index (κ3) is 4.90. The van der Waals surface area contributed by atoms with Gasteiger partial charge in [0.1, 0.15) is 6.54 Å². The van der Waals surface area contributed by atoms with Gasteiger partial charge in [0.25, 0.3) is 0 Å². The molecule has 0 radical (unpaired) electrons. The Labute approximate surface area is 166 Å². The second-order valence-corrected chi connectivity index (χ2v) is 7.45. The Morgan fingerprint density at radius 3 is 3.00 bits per heavy atom. The minimum absolute atomic E-state index is 0. The summed E-state index contributed by atoms with van der Waals surface area (Å²) in [6, 6.07) is 2.04. The van der Waals surface area contributed by atoms with E-state index in [9.17, 15) is 4.79 Å². The summed E-state index contributed by atoms with van der Waals surface area (Å²) in [7, 11) is 0. The number of aryl methyl sites for hydroxylation is 1. The van der Waals surface area contributed by atoms with Gasteiger partial charge in [0.05, 0.1) is 17.9 Å². The molecule has 4 rings (SSSR count). The van der Waals surface area contributed by atoms with Crippen LogP contribution in [-0.4, -0.2) is 39.0 Å². The van der Waals surface area contributed by atoms with Gasteiger partial charge in [0, 0.05) is 24.4 Å². The molecule has 3 N–H and O–H groups in total. The van der Waals surface area contributed by atoms with Crippen molar-refractivity contribution in [2.45, 2.75) is 64.0 Å². The Balaban J connectivity index is 0.00000210. The lowest BCUT2D eigenvalue weighted by Gasteiger charge is -2.20. The monoisotopic (exact) mass is 392 g/mol. The number of aromatic nitrogens is 4. The molecule has 1 amide bonds.